The van der Waals surface area contributed by atoms with Gasteiger partial charge in [-0.25, -0.2) is 0 Å². The van der Waals surface area contributed by atoms with Crippen LogP contribution in [-0.2, 0) is 37.6 Å². The first-order chi connectivity index (χ1) is 19.7. The lowest BCUT2D eigenvalue weighted by Gasteiger charge is -2.33. The molecule has 2 aromatic carbocycles. The standard InChI is InChI=1S/C39H60O4/c1-15-30(32-22-40-32)42-34-26(36(3,4)5)18-24(19-27(34)37(6,7)8)17-25-20-28(38(9,10)11)35(29(21-25)39(12,13)14)43-31(16-2)33-23-41-33/h18-21,30-33H,15-17,22-23H2,1-14H3. The van der Waals surface area contributed by atoms with Gasteiger partial charge in [0.15, 0.2) is 0 Å². The summed E-state index contributed by atoms with van der Waals surface area (Å²) in [5.41, 5.74) is 7.46. The summed E-state index contributed by atoms with van der Waals surface area (Å²) in [5.74, 6) is 2.10. The maximum Gasteiger partial charge on any atom is 0.127 e. The third-order valence-corrected chi connectivity index (χ3v) is 8.83. The largest absolute Gasteiger partial charge is 0.487 e. The highest BCUT2D eigenvalue weighted by atomic mass is 16.6. The van der Waals surface area contributed by atoms with Crippen LogP contribution in [0.25, 0.3) is 0 Å². The molecule has 0 amide bonds. The summed E-state index contributed by atoms with van der Waals surface area (Å²) in [7, 11) is 0. The van der Waals surface area contributed by atoms with Gasteiger partial charge in [-0.2, -0.15) is 0 Å². The maximum absolute atomic E-state index is 6.87. The van der Waals surface area contributed by atoms with Crippen LogP contribution < -0.4 is 9.47 Å². The molecule has 2 aliphatic heterocycles. The van der Waals surface area contributed by atoms with Gasteiger partial charge in [-0.1, -0.05) is 121 Å². The lowest BCUT2D eigenvalue weighted by atomic mass is 9.76. The molecule has 4 nitrogen and oxygen atoms in total. The van der Waals surface area contributed by atoms with Gasteiger partial charge in [-0.05, 0) is 52.0 Å². The molecule has 4 rings (SSSR count). The first kappa shape index (κ1) is 33.8. The zero-order chi connectivity index (χ0) is 32.1. The van der Waals surface area contributed by atoms with Crippen molar-refractivity contribution < 1.29 is 18.9 Å². The van der Waals surface area contributed by atoms with Crippen LogP contribution in [0, 0.1) is 0 Å². The van der Waals surface area contributed by atoms with E-state index in [1.54, 1.807) is 0 Å². The van der Waals surface area contributed by atoms with E-state index < -0.39 is 0 Å². The summed E-state index contributed by atoms with van der Waals surface area (Å²) in [6.45, 7) is 33.6. The molecule has 0 bridgehead atoms. The van der Waals surface area contributed by atoms with E-state index in [0.717, 1.165) is 44.0 Å². The second kappa shape index (κ2) is 12.0. The average Bonchev–Trinajstić information content (AvgIpc) is 3.77. The van der Waals surface area contributed by atoms with Gasteiger partial charge in [0.05, 0.1) is 13.2 Å². The van der Waals surface area contributed by atoms with Crippen LogP contribution >= 0.6 is 0 Å². The van der Waals surface area contributed by atoms with Crippen LogP contribution in [-0.4, -0.2) is 37.6 Å². The summed E-state index contributed by atoms with van der Waals surface area (Å²) in [5, 5.41) is 0. The summed E-state index contributed by atoms with van der Waals surface area (Å²) in [6, 6.07) is 9.61. The lowest BCUT2D eigenvalue weighted by molar-refractivity contribution is 0.149. The summed E-state index contributed by atoms with van der Waals surface area (Å²) >= 11 is 0. The molecule has 4 heteroatoms. The molecule has 2 heterocycles. The Kier molecular flexibility index (Phi) is 9.48. The Morgan fingerprint density at radius 3 is 1.00 bits per heavy atom. The molecular formula is C39H60O4. The molecule has 2 saturated heterocycles. The molecule has 240 valence electrons. The van der Waals surface area contributed by atoms with Crippen molar-refractivity contribution in [3.05, 3.63) is 57.6 Å². The van der Waals surface area contributed by atoms with E-state index >= 15 is 0 Å². The predicted molar refractivity (Wildman–Crippen MR) is 179 cm³/mol. The van der Waals surface area contributed by atoms with Crippen molar-refractivity contribution in [1.29, 1.82) is 0 Å². The smallest absolute Gasteiger partial charge is 0.127 e. The zero-order valence-corrected chi connectivity index (χ0v) is 29.8. The van der Waals surface area contributed by atoms with Crippen LogP contribution in [0.2, 0.25) is 0 Å². The van der Waals surface area contributed by atoms with Crippen LogP contribution in [0.3, 0.4) is 0 Å². The van der Waals surface area contributed by atoms with Gasteiger partial charge >= 0.3 is 0 Å². The van der Waals surface area contributed by atoms with Crippen LogP contribution in [0.5, 0.6) is 11.5 Å². The van der Waals surface area contributed by atoms with Gasteiger partial charge in [-0.15, -0.1) is 0 Å². The number of ether oxygens (including phenoxy) is 4. The first-order valence-corrected chi connectivity index (χ1v) is 16.7. The number of hydrogen-bond acceptors (Lipinski definition) is 4. The fourth-order valence-electron chi connectivity index (χ4n) is 5.99. The zero-order valence-electron chi connectivity index (χ0n) is 29.8. The Bertz CT molecular complexity index is 1100. The van der Waals surface area contributed by atoms with Gasteiger partial charge < -0.3 is 18.9 Å². The molecule has 4 atom stereocenters. The molecule has 2 aromatic rings. The average molecular weight is 593 g/mol. The highest BCUT2D eigenvalue weighted by Crippen LogP contribution is 2.45. The molecule has 0 aromatic heterocycles. The summed E-state index contributed by atoms with van der Waals surface area (Å²) < 4.78 is 25.1. The van der Waals surface area contributed by atoms with Crippen molar-refractivity contribution in [2.45, 2.75) is 162 Å². The molecule has 2 aliphatic rings. The highest BCUT2D eigenvalue weighted by molar-refractivity contribution is 5.55. The number of benzene rings is 2. The van der Waals surface area contributed by atoms with E-state index in [9.17, 15) is 0 Å². The molecule has 4 unspecified atom stereocenters. The number of rotatable bonds is 10. The molecule has 0 saturated carbocycles. The second-order valence-corrected chi connectivity index (χ2v) is 17.1. The summed E-state index contributed by atoms with van der Waals surface area (Å²) in [6.07, 6.45) is 3.29. The van der Waals surface area contributed by atoms with Crippen LogP contribution in [0.4, 0.5) is 0 Å². The Morgan fingerprint density at radius 2 is 0.814 bits per heavy atom. The van der Waals surface area contributed by atoms with Crippen molar-refractivity contribution >= 4 is 0 Å². The van der Waals surface area contributed by atoms with E-state index in [0.29, 0.717) is 0 Å². The Hall–Kier alpha value is -2.04. The van der Waals surface area contributed by atoms with E-state index in [1.165, 1.54) is 33.4 Å². The number of hydrogen-bond donors (Lipinski definition) is 0. The molecule has 0 radical (unpaired) electrons. The van der Waals surface area contributed by atoms with Gasteiger partial charge in [0.1, 0.15) is 35.9 Å². The second-order valence-electron chi connectivity index (χ2n) is 17.1. The van der Waals surface area contributed by atoms with E-state index in [2.05, 4.69) is 121 Å². The predicted octanol–water partition coefficient (Wildman–Crippen LogP) is 9.58. The molecule has 43 heavy (non-hydrogen) atoms. The SMILES string of the molecule is CCC(Oc1c(C(C)(C)C)cc(Cc2cc(C(C)(C)C)c(OC(CC)C3CO3)c(C(C)(C)C)c2)cc1C(C)(C)C)C1CO1. The normalized spacial score (nSPS) is 20.5. The minimum atomic E-state index is -0.0705. The van der Waals surface area contributed by atoms with Crippen LogP contribution in [0.15, 0.2) is 24.3 Å². The topological polar surface area (TPSA) is 43.5 Å². The molecular weight excluding hydrogens is 532 g/mol. The number of epoxide rings is 2. The lowest BCUT2D eigenvalue weighted by Crippen LogP contribution is -2.28. The Morgan fingerprint density at radius 1 is 0.558 bits per heavy atom. The van der Waals surface area contributed by atoms with Crippen molar-refractivity contribution in [2.75, 3.05) is 13.2 Å². The quantitative estimate of drug-likeness (QED) is 0.258. The molecule has 2 fully saturated rings. The van der Waals surface area contributed by atoms with Crippen molar-refractivity contribution in [3.8, 4) is 11.5 Å². The third kappa shape index (κ3) is 8.17. The van der Waals surface area contributed by atoms with E-state index in [-0.39, 0.29) is 46.1 Å². The fraction of sp³-hybridized carbons (Fsp3) is 0.692. The molecule has 0 aliphatic carbocycles. The van der Waals surface area contributed by atoms with Crippen molar-refractivity contribution in [1.82, 2.24) is 0 Å². The minimum absolute atomic E-state index is 0.0705. The Labute approximate surface area is 263 Å². The van der Waals surface area contributed by atoms with Crippen molar-refractivity contribution in [2.24, 2.45) is 0 Å². The maximum atomic E-state index is 6.87. The van der Waals surface area contributed by atoms with E-state index in [1.807, 2.05) is 0 Å². The summed E-state index contributed by atoms with van der Waals surface area (Å²) in [4.78, 5) is 0. The van der Waals surface area contributed by atoms with Gasteiger partial charge in [0, 0.05) is 22.3 Å². The van der Waals surface area contributed by atoms with Gasteiger partial charge in [0.25, 0.3) is 0 Å². The van der Waals surface area contributed by atoms with Crippen LogP contribution in [0.1, 0.15) is 143 Å². The highest BCUT2D eigenvalue weighted by Gasteiger charge is 2.38. The monoisotopic (exact) mass is 592 g/mol. The molecule has 0 N–H and O–H groups in total. The third-order valence-electron chi connectivity index (χ3n) is 8.83. The Balaban J connectivity index is 1.85. The van der Waals surface area contributed by atoms with E-state index in [4.69, 9.17) is 18.9 Å². The molecule has 0 spiro atoms. The fourth-order valence-corrected chi connectivity index (χ4v) is 5.99. The minimum Gasteiger partial charge on any atom is -0.487 e. The first-order valence-electron chi connectivity index (χ1n) is 16.7. The van der Waals surface area contributed by atoms with Crippen molar-refractivity contribution in [3.63, 3.8) is 0 Å². The van der Waals surface area contributed by atoms with Gasteiger partial charge in [0.2, 0.25) is 0 Å². The van der Waals surface area contributed by atoms with Gasteiger partial charge in [-0.3, -0.25) is 0 Å².